The van der Waals surface area contributed by atoms with E-state index in [0.717, 1.165) is 23.5 Å². The number of ether oxygens (including phenoxy) is 2. The van der Waals surface area contributed by atoms with E-state index in [-0.39, 0.29) is 6.04 Å². The van der Waals surface area contributed by atoms with E-state index in [1.807, 2.05) is 18.2 Å². The lowest BCUT2D eigenvalue weighted by Gasteiger charge is -2.12. The monoisotopic (exact) mass is 193 g/mol. The highest BCUT2D eigenvalue weighted by Crippen LogP contribution is 2.47. The molecule has 0 radical (unpaired) electrons. The van der Waals surface area contributed by atoms with Crippen molar-refractivity contribution in [2.75, 3.05) is 14.2 Å². The third-order valence-electron chi connectivity index (χ3n) is 2.68. The first-order valence-corrected chi connectivity index (χ1v) is 4.74. The van der Waals surface area contributed by atoms with Crippen molar-refractivity contribution in [1.29, 1.82) is 0 Å². The molecule has 0 saturated heterocycles. The summed E-state index contributed by atoms with van der Waals surface area (Å²) >= 11 is 0. The lowest BCUT2D eigenvalue weighted by Crippen LogP contribution is -2.03. The standard InChI is InChI=1S/C11H15NO2/c1-13-9-4-3-5-10(14-2)11(9)7-6-8(7)12/h3-5,7-8H,6,12H2,1-2H3. The molecule has 1 saturated carbocycles. The molecule has 3 heteroatoms. The van der Waals surface area contributed by atoms with Gasteiger partial charge < -0.3 is 15.2 Å². The van der Waals surface area contributed by atoms with E-state index in [9.17, 15) is 0 Å². The van der Waals surface area contributed by atoms with E-state index < -0.39 is 0 Å². The smallest absolute Gasteiger partial charge is 0.126 e. The molecule has 0 aromatic heterocycles. The summed E-state index contributed by atoms with van der Waals surface area (Å²) in [6.45, 7) is 0. The number of rotatable bonds is 3. The fraction of sp³-hybridized carbons (Fsp3) is 0.455. The molecule has 3 nitrogen and oxygen atoms in total. The molecule has 2 unspecified atom stereocenters. The van der Waals surface area contributed by atoms with Crippen LogP contribution >= 0.6 is 0 Å². The minimum Gasteiger partial charge on any atom is -0.496 e. The van der Waals surface area contributed by atoms with E-state index in [2.05, 4.69) is 0 Å². The molecule has 1 aromatic rings. The van der Waals surface area contributed by atoms with Crippen LogP contribution in [0.2, 0.25) is 0 Å². The predicted molar refractivity (Wildman–Crippen MR) is 54.9 cm³/mol. The number of nitrogens with two attached hydrogens (primary N) is 1. The fourth-order valence-corrected chi connectivity index (χ4v) is 1.79. The summed E-state index contributed by atoms with van der Waals surface area (Å²) in [5.41, 5.74) is 6.95. The Kier molecular flexibility index (Phi) is 2.33. The number of hydrogen-bond acceptors (Lipinski definition) is 3. The van der Waals surface area contributed by atoms with Crippen LogP contribution < -0.4 is 15.2 Å². The lowest BCUT2D eigenvalue weighted by atomic mass is 10.1. The van der Waals surface area contributed by atoms with Crippen LogP contribution in [-0.2, 0) is 0 Å². The van der Waals surface area contributed by atoms with Crippen LogP contribution in [0.4, 0.5) is 0 Å². The molecule has 76 valence electrons. The molecule has 1 fully saturated rings. The Balaban J connectivity index is 2.41. The maximum Gasteiger partial charge on any atom is 0.126 e. The average molecular weight is 193 g/mol. The van der Waals surface area contributed by atoms with Gasteiger partial charge in [0.1, 0.15) is 11.5 Å². The van der Waals surface area contributed by atoms with E-state index in [4.69, 9.17) is 15.2 Å². The maximum absolute atomic E-state index is 5.83. The van der Waals surface area contributed by atoms with Gasteiger partial charge in [-0.15, -0.1) is 0 Å². The zero-order valence-electron chi connectivity index (χ0n) is 8.49. The second-order valence-corrected chi connectivity index (χ2v) is 3.58. The number of benzene rings is 1. The Labute approximate surface area is 83.8 Å². The van der Waals surface area contributed by atoms with Crippen molar-refractivity contribution in [2.45, 2.75) is 18.4 Å². The molecule has 0 bridgehead atoms. The summed E-state index contributed by atoms with van der Waals surface area (Å²) in [5, 5.41) is 0. The normalized spacial score (nSPS) is 24.5. The van der Waals surface area contributed by atoms with Crippen molar-refractivity contribution in [2.24, 2.45) is 5.73 Å². The molecular formula is C11H15NO2. The Morgan fingerprint density at radius 2 is 1.71 bits per heavy atom. The summed E-state index contributed by atoms with van der Waals surface area (Å²) < 4.78 is 10.6. The van der Waals surface area contributed by atoms with Crippen LogP contribution in [0.15, 0.2) is 18.2 Å². The molecule has 0 spiro atoms. The van der Waals surface area contributed by atoms with Crippen LogP contribution in [-0.4, -0.2) is 20.3 Å². The molecule has 0 heterocycles. The van der Waals surface area contributed by atoms with Gasteiger partial charge in [-0.2, -0.15) is 0 Å². The van der Waals surface area contributed by atoms with Crippen LogP contribution in [0.5, 0.6) is 11.5 Å². The van der Waals surface area contributed by atoms with Gasteiger partial charge >= 0.3 is 0 Å². The SMILES string of the molecule is COc1cccc(OC)c1C1CC1N. The van der Waals surface area contributed by atoms with Gasteiger partial charge in [0.25, 0.3) is 0 Å². The summed E-state index contributed by atoms with van der Waals surface area (Å²) in [6.07, 6.45) is 1.02. The summed E-state index contributed by atoms with van der Waals surface area (Å²) in [6, 6.07) is 6.08. The maximum atomic E-state index is 5.83. The third kappa shape index (κ3) is 1.44. The minimum atomic E-state index is 0.264. The highest BCUT2D eigenvalue weighted by Gasteiger charge is 2.39. The molecule has 1 aliphatic carbocycles. The highest BCUT2D eigenvalue weighted by molar-refractivity contribution is 5.50. The van der Waals surface area contributed by atoms with Crippen LogP contribution in [0.25, 0.3) is 0 Å². The molecule has 1 aliphatic rings. The molecular weight excluding hydrogens is 178 g/mol. The third-order valence-corrected chi connectivity index (χ3v) is 2.68. The van der Waals surface area contributed by atoms with Crippen molar-refractivity contribution < 1.29 is 9.47 Å². The first-order chi connectivity index (χ1) is 6.77. The molecule has 2 rings (SSSR count). The van der Waals surface area contributed by atoms with Gasteiger partial charge in [-0.1, -0.05) is 6.07 Å². The number of hydrogen-bond donors (Lipinski definition) is 1. The van der Waals surface area contributed by atoms with Crippen LogP contribution in [0.1, 0.15) is 17.9 Å². The second-order valence-electron chi connectivity index (χ2n) is 3.58. The van der Waals surface area contributed by atoms with Crippen LogP contribution in [0, 0.1) is 0 Å². The molecule has 2 atom stereocenters. The summed E-state index contributed by atoms with van der Waals surface area (Å²) in [4.78, 5) is 0. The van der Waals surface area contributed by atoms with Gasteiger partial charge in [0.05, 0.1) is 14.2 Å². The Hall–Kier alpha value is -1.22. The van der Waals surface area contributed by atoms with Crippen molar-refractivity contribution in [3.05, 3.63) is 23.8 Å². The van der Waals surface area contributed by atoms with E-state index in [1.165, 1.54) is 0 Å². The average Bonchev–Trinajstić information content (AvgIpc) is 2.93. The minimum absolute atomic E-state index is 0.264. The summed E-state index contributed by atoms with van der Waals surface area (Å²) in [7, 11) is 3.35. The van der Waals surface area contributed by atoms with Crippen molar-refractivity contribution in [3.63, 3.8) is 0 Å². The number of methoxy groups -OCH3 is 2. The fourth-order valence-electron chi connectivity index (χ4n) is 1.79. The molecule has 0 amide bonds. The Morgan fingerprint density at radius 3 is 2.07 bits per heavy atom. The largest absolute Gasteiger partial charge is 0.496 e. The van der Waals surface area contributed by atoms with Gasteiger partial charge in [-0.25, -0.2) is 0 Å². The highest BCUT2D eigenvalue weighted by atomic mass is 16.5. The molecule has 0 aliphatic heterocycles. The van der Waals surface area contributed by atoms with E-state index in [0.29, 0.717) is 5.92 Å². The van der Waals surface area contributed by atoms with Gasteiger partial charge in [0.15, 0.2) is 0 Å². The topological polar surface area (TPSA) is 44.5 Å². The lowest BCUT2D eigenvalue weighted by molar-refractivity contribution is 0.385. The molecule has 14 heavy (non-hydrogen) atoms. The van der Waals surface area contributed by atoms with Crippen LogP contribution in [0.3, 0.4) is 0 Å². The molecule has 2 N–H and O–H groups in total. The van der Waals surface area contributed by atoms with Crippen molar-refractivity contribution in [1.82, 2.24) is 0 Å². The predicted octanol–water partition coefficient (Wildman–Crippen LogP) is 1.52. The first kappa shape index (κ1) is 9.34. The van der Waals surface area contributed by atoms with Crippen molar-refractivity contribution >= 4 is 0 Å². The molecule has 1 aromatic carbocycles. The zero-order chi connectivity index (χ0) is 10.1. The van der Waals surface area contributed by atoms with Gasteiger partial charge in [0.2, 0.25) is 0 Å². The van der Waals surface area contributed by atoms with Gasteiger partial charge in [0, 0.05) is 17.5 Å². The summed E-state index contributed by atoms with van der Waals surface area (Å²) in [5.74, 6) is 2.16. The quantitative estimate of drug-likeness (QED) is 0.791. The Morgan fingerprint density at radius 1 is 1.21 bits per heavy atom. The van der Waals surface area contributed by atoms with Gasteiger partial charge in [-0.3, -0.25) is 0 Å². The van der Waals surface area contributed by atoms with Crippen molar-refractivity contribution in [3.8, 4) is 11.5 Å². The first-order valence-electron chi connectivity index (χ1n) is 4.74. The van der Waals surface area contributed by atoms with E-state index >= 15 is 0 Å². The zero-order valence-corrected chi connectivity index (χ0v) is 8.49. The second kappa shape index (κ2) is 3.50. The van der Waals surface area contributed by atoms with Gasteiger partial charge in [-0.05, 0) is 18.6 Å². The van der Waals surface area contributed by atoms with E-state index in [1.54, 1.807) is 14.2 Å². The Bertz CT molecular complexity index is 316.